The number of benzene rings is 1. The molecule has 0 spiro atoms. The first-order valence-electron chi connectivity index (χ1n) is 11.9. The number of ether oxygens (including phenoxy) is 1. The molecule has 1 aromatic carbocycles. The number of imidazole rings is 1. The average Bonchev–Trinajstić information content (AvgIpc) is 3.33. The number of piperazine rings is 1. The van der Waals surface area contributed by atoms with Gasteiger partial charge in [-0.15, -0.1) is 0 Å². The lowest BCUT2D eigenvalue weighted by molar-refractivity contribution is 0.128. The first-order chi connectivity index (χ1) is 17.1. The summed E-state index contributed by atoms with van der Waals surface area (Å²) in [4.78, 5) is 18.5. The molecule has 0 bridgehead atoms. The van der Waals surface area contributed by atoms with Crippen LogP contribution in [0.4, 0.5) is 17.3 Å². The van der Waals surface area contributed by atoms with Gasteiger partial charge in [-0.05, 0) is 43.7 Å². The van der Waals surface area contributed by atoms with E-state index in [1.54, 1.807) is 7.11 Å². The molecule has 182 valence electrons. The maximum Gasteiger partial charge on any atom is 0.227 e. The van der Waals surface area contributed by atoms with Crippen molar-refractivity contribution in [2.75, 3.05) is 50.1 Å². The van der Waals surface area contributed by atoms with Crippen molar-refractivity contribution in [3.8, 4) is 17.1 Å². The van der Waals surface area contributed by atoms with Crippen LogP contribution in [0, 0.1) is 6.92 Å². The number of nitrogens with one attached hydrogen (secondary N) is 1. The number of pyridine rings is 1. The second kappa shape index (κ2) is 9.89. The minimum Gasteiger partial charge on any atom is -0.494 e. The highest BCUT2D eigenvalue weighted by Gasteiger charge is 2.21. The van der Waals surface area contributed by atoms with Crippen molar-refractivity contribution in [1.82, 2.24) is 24.3 Å². The van der Waals surface area contributed by atoms with Crippen molar-refractivity contribution in [3.05, 3.63) is 60.6 Å². The zero-order valence-corrected chi connectivity index (χ0v) is 20.3. The maximum atomic E-state index is 9.43. The lowest BCUT2D eigenvalue weighted by Gasteiger charge is -2.38. The van der Waals surface area contributed by atoms with E-state index in [0.29, 0.717) is 5.95 Å². The molecular weight excluding hydrogens is 442 g/mol. The summed E-state index contributed by atoms with van der Waals surface area (Å²) in [5.74, 6) is 1.23. The van der Waals surface area contributed by atoms with Gasteiger partial charge in [0.2, 0.25) is 5.95 Å². The van der Waals surface area contributed by atoms with Crippen molar-refractivity contribution >= 4 is 23.0 Å². The smallest absolute Gasteiger partial charge is 0.227 e. The topological polar surface area (TPSA) is 91.0 Å². The van der Waals surface area contributed by atoms with Gasteiger partial charge in [-0.1, -0.05) is 6.07 Å². The Balaban J connectivity index is 1.37. The second-order valence-electron chi connectivity index (χ2n) is 8.86. The van der Waals surface area contributed by atoms with Crippen molar-refractivity contribution in [3.63, 3.8) is 0 Å². The van der Waals surface area contributed by atoms with Crippen LogP contribution < -0.4 is 15.0 Å². The van der Waals surface area contributed by atoms with Gasteiger partial charge in [0.05, 0.1) is 37.0 Å². The van der Waals surface area contributed by atoms with Crippen LogP contribution in [-0.4, -0.2) is 75.3 Å². The van der Waals surface area contributed by atoms with Crippen LogP contribution in [0.15, 0.2) is 55.0 Å². The number of fused-ring (bicyclic) bond motifs is 1. The Morgan fingerprint density at radius 3 is 2.69 bits per heavy atom. The van der Waals surface area contributed by atoms with Crippen LogP contribution in [0.5, 0.6) is 5.75 Å². The summed E-state index contributed by atoms with van der Waals surface area (Å²) in [5.41, 5.74) is 5.50. The molecule has 4 heterocycles. The van der Waals surface area contributed by atoms with E-state index in [9.17, 15) is 5.11 Å². The second-order valence-corrected chi connectivity index (χ2v) is 8.86. The predicted molar refractivity (Wildman–Crippen MR) is 138 cm³/mol. The number of hydrogen-bond acceptors (Lipinski definition) is 8. The molecule has 9 heteroatoms. The van der Waals surface area contributed by atoms with E-state index in [1.807, 2.05) is 60.2 Å². The molecule has 0 saturated carbocycles. The summed E-state index contributed by atoms with van der Waals surface area (Å²) in [6, 6.07) is 12.3. The predicted octanol–water partition coefficient (Wildman–Crippen LogP) is 3.35. The minimum absolute atomic E-state index is 0.189. The molecule has 1 saturated heterocycles. The van der Waals surface area contributed by atoms with Crippen LogP contribution in [0.1, 0.15) is 12.5 Å². The van der Waals surface area contributed by atoms with Gasteiger partial charge in [0.1, 0.15) is 11.4 Å². The summed E-state index contributed by atoms with van der Waals surface area (Å²) in [7, 11) is 1.67. The molecule has 1 fully saturated rings. The molecule has 1 aliphatic heterocycles. The number of aliphatic hydroxyl groups is 1. The van der Waals surface area contributed by atoms with Crippen LogP contribution in [0.2, 0.25) is 0 Å². The van der Waals surface area contributed by atoms with E-state index < -0.39 is 0 Å². The summed E-state index contributed by atoms with van der Waals surface area (Å²) in [6.45, 7) is 7.91. The molecule has 1 unspecified atom stereocenters. The fraction of sp³-hybridized carbons (Fsp3) is 0.346. The Morgan fingerprint density at radius 1 is 1.09 bits per heavy atom. The Kier molecular flexibility index (Phi) is 6.52. The third-order valence-electron chi connectivity index (χ3n) is 6.63. The lowest BCUT2D eigenvalue weighted by atomic mass is 10.2. The number of aromatic nitrogens is 4. The van der Waals surface area contributed by atoms with Gasteiger partial charge in [-0.2, -0.15) is 0 Å². The van der Waals surface area contributed by atoms with Crippen molar-refractivity contribution in [2.24, 2.45) is 0 Å². The van der Waals surface area contributed by atoms with Crippen LogP contribution in [-0.2, 0) is 0 Å². The van der Waals surface area contributed by atoms with Crippen LogP contribution >= 0.6 is 0 Å². The largest absolute Gasteiger partial charge is 0.494 e. The quantitative estimate of drug-likeness (QED) is 0.422. The van der Waals surface area contributed by atoms with Gasteiger partial charge in [-0.3, -0.25) is 9.30 Å². The first kappa shape index (κ1) is 23.1. The Labute approximate surface area is 205 Å². The number of anilines is 3. The van der Waals surface area contributed by atoms with E-state index >= 15 is 0 Å². The van der Waals surface area contributed by atoms with Gasteiger partial charge in [0.25, 0.3) is 0 Å². The average molecular weight is 474 g/mol. The molecule has 0 aliphatic carbocycles. The highest BCUT2D eigenvalue weighted by atomic mass is 16.5. The van der Waals surface area contributed by atoms with E-state index in [1.165, 1.54) is 0 Å². The van der Waals surface area contributed by atoms with E-state index in [4.69, 9.17) is 9.72 Å². The Morgan fingerprint density at radius 2 is 1.91 bits per heavy atom. The van der Waals surface area contributed by atoms with Crippen LogP contribution in [0.25, 0.3) is 17.0 Å². The van der Waals surface area contributed by atoms with Crippen molar-refractivity contribution in [2.45, 2.75) is 19.9 Å². The van der Waals surface area contributed by atoms with E-state index in [0.717, 1.165) is 65.9 Å². The minimum atomic E-state index is 0.189. The molecule has 1 aliphatic rings. The Hall–Kier alpha value is -3.69. The number of methoxy groups -OCH3 is 1. The number of rotatable bonds is 7. The normalized spacial score (nSPS) is 15.4. The first-order valence-corrected chi connectivity index (χ1v) is 11.9. The van der Waals surface area contributed by atoms with Gasteiger partial charge in [0.15, 0.2) is 0 Å². The zero-order chi connectivity index (χ0) is 24.4. The molecule has 1 atom stereocenters. The monoisotopic (exact) mass is 473 g/mol. The standard InChI is InChI=1S/C26H31N7O2/c1-18-15-28-26(30-25(18)22-16-27-24-6-4-5-9-33(22)24)29-21-8-7-20(14-23(21)35-3)32-12-10-31(11-13-32)19(2)17-34/h4-9,14-16,19,34H,10-13,17H2,1-3H3,(H,28,29,30). The Bertz CT molecular complexity index is 1310. The molecule has 3 aromatic heterocycles. The molecule has 4 aromatic rings. The van der Waals surface area contributed by atoms with Gasteiger partial charge >= 0.3 is 0 Å². The highest BCUT2D eigenvalue weighted by Crippen LogP contribution is 2.32. The number of nitrogens with zero attached hydrogens (tertiary/aromatic N) is 6. The fourth-order valence-corrected chi connectivity index (χ4v) is 4.51. The van der Waals surface area contributed by atoms with E-state index in [2.05, 4.69) is 38.1 Å². The van der Waals surface area contributed by atoms with Gasteiger partial charge in [-0.25, -0.2) is 15.0 Å². The number of aryl methyl sites for hydroxylation is 1. The van der Waals surface area contributed by atoms with Crippen molar-refractivity contribution in [1.29, 1.82) is 0 Å². The number of aliphatic hydroxyl groups excluding tert-OH is 1. The molecule has 0 radical (unpaired) electrons. The maximum absolute atomic E-state index is 9.43. The van der Waals surface area contributed by atoms with Crippen molar-refractivity contribution < 1.29 is 9.84 Å². The number of hydrogen-bond donors (Lipinski definition) is 2. The van der Waals surface area contributed by atoms with E-state index in [-0.39, 0.29) is 12.6 Å². The zero-order valence-electron chi connectivity index (χ0n) is 20.3. The van der Waals surface area contributed by atoms with Gasteiger partial charge in [0, 0.05) is 56.4 Å². The molecule has 2 N–H and O–H groups in total. The molecule has 35 heavy (non-hydrogen) atoms. The molecule has 5 rings (SSSR count). The third kappa shape index (κ3) is 4.65. The van der Waals surface area contributed by atoms with Gasteiger partial charge < -0.3 is 20.1 Å². The third-order valence-corrected chi connectivity index (χ3v) is 6.63. The molecule has 0 amide bonds. The molecular formula is C26H31N7O2. The summed E-state index contributed by atoms with van der Waals surface area (Å²) < 4.78 is 7.73. The van der Waals surface area contributed by atoms with Crippen LogP contribution in [0.3, 0.4) is 0 Å². The summed E-state index contributed by atoms with van der Waals surface area (Å²) in [5, 5.41) is 12.8. The highest BCUT2D eigenvalue weighted by molar-refractivity contribution is 5.70. The summed E-state index contributed by atoms with van der Waals surface area (Å²) in [6.07, 6.45) is 5.64. The SMILES string of the molecule is COc1cc(N2CCN(C(C)CO)CC2)ccc1Nc1ncc(C)c(-c2cnc3ccccn23)n1. The summed E-state index contributed by atoms with van der Waals surface area (Å²) >= 11 is 0. The lowest BCUT2D eigenvalue weighted by Crippen LogP contribution is -2.50. The fourth-order valence-electron chi connectivity index (χ4n) is 4.51. The molecule has 9 nitrogen and oxygen atoms in total.